The number of amides is 1. The van der Waals surface area contributed by atoms with Crippen molar-refractivity contribution >= 4 is 5.91 Å². The highest BCUT2D eigenvalue weighted by Gasteiger charge is 2.18. The number of furan rings is 1. The summed E-state index contributed by atoms with van der Waals surface area (Å²) in [4.78, 5) is 12.1. The van der Waals surface area contributed by atoms with Crippen LogP contribution in [0.5, 0.6) is 11.5 Å². The van der Waals surface area contributed by atoms with Gasteiger partial charge in [-0.15, -0.1) is 0 Å². The Morgan fingerprint density at radius 2 is 1.92 bits per heavy atom. The van der Waals surface area contributed by atoms with Crippen molar-refractivity contribution in [2.24, 2.45) is 0 Å². The van der Waals surface area contributed by atoms with E-state index in [-0.39, 0.29) is 24.4 Å². The zero-order chi connectivity index (χ0) is 17.5. The van der Waals surface area contributed by atoms with Crippen LogP contribution in [-0.2, 0) is 11.3 Å². The van der Waals surface area contributed by atoms with Crippen molar-refractivity contribution in [2.45, 2.75) is 32.5 Å². The lowest BCUT2D eigenvalue weighted by Gasteiger charge is -2.09. The largest absolute Gasteiger partial charge is 0.494 e. The minimum atomic E-state index is -0.234. The molecule has 2 heterocycles. The molecule has 1 aliphatic heterocycles. The fourth-order valence-electron chi connectivity index (χ4n) is 2.63. The molecule has 1 fully saturated rings. The van der Waals surface area contributed by atoms with E-state index >= 15 is 0 Å². The summed E-state index contributed by atoms with van der Waals surface area (Å²) in [5.74, 6) is 2.16. The summed E-state index contributed by atoms with van der Waals surface area (Å²) in [6.45, 7) is 4.11. The molecule has 0 aliphatic carbocycles. The predicted octanol–water partition coefficient (Wildman–Crippen LogP) is 3.17. The van der Waals surface area contributed by atoms with E-state index in [4.69, 9.17) is 18.6 Å². The van der Waals surface area contributed by atoms with Gasteiger partial charge in [-0.05, 0) is 56.2 Å². The third-order valence-corrected chi connectivity index (χ3v) is 3.92. The van der Waals surface area contributed by atoms with Crippen LogP contribution in [0.4, 0.5) is 0 Å². The molecule has 0 saturated carbocycles. The number of hydrogen-bond donors (Lipinski definition) is 1. The summed E-state index contributed by atoms with van der Waals surface area (Å²) in [5.41, 5.74) is 0. The van der Waals surface area contributed by atoms with E-state index in [9.17, 15) is 4.79 Å². The second-order valence-corrected chi connectivity index (χ2v) is 5.80. The van der Waals surface area contributed by atoms with Gasteiger partial charge in [-0.25, -0.2) is 0 Å². The van der Waals surface area contributed by atoms with Crippen LogP contribution in [0, 0.1) is 0 Å². The van der Waals surface area contributed by atoms with Crippen molar-refractivity contribution < 1.29 is 23.4 Å². The van der Waals surface area contributed by atoms with Gasteiger partial charge in [0, 0.05) is 13.2 Å². The lowest BCUT2D eigenvalue weighted by molar-refractivity contribution is 0.0832. The quantitative estimate of drug-likeness (QED) is 0.796. The van der Waals surface area contributed by atoms with Crippen LogP contribution in [0.3, 0.4) is 0 Å². The molecule has 6 nitrogen and oxygen atoms in total. The summed E-state index contributed by atoms with van der Waals surface area (Å²) in [5, 5.41) is 2.83. The molecule has 1 aromatic carbocycles. The SMILES string of the molecule is CCOc1ccc(OCc2ccc(C(=O)NC[C@H]3CCCO3)o2)cc1. The summed E-state index contributed by atoms with van der Waals surface area (Å²) in [7, 11) is 0. The first-order valence-electron chi connectivity index (χ1n) is 8.59. The molecule has 0 unspecified atom stereocenters. The standard InChI is InChI=1S/C19H23NO5/c1-2-22-14-5-7-15(8-6-14)24-13-17-9-10-18(25-17)19(21)20-12-16-4-3-11-23-16/h5-10,16H,2-4,11-13H2,1H3,(H,20,21)/t16-/m1/s1. The highest BCUT2D eigenvalue weighted by molar-refractivity contribution is 5.91. The van der Waals surface area contributed by atoms with E-state index in [1.807, 2.05) is 31.2 Å². The van der Waals surface area contributed by atoms with Gasteiger partial charge in [-0.2, -0.15) is 0 Å². The van der Waals surface area contributed by atoms with E-state index in [0.717, 1.165) is 25.2 Å². The maximum absolute atomic E-state index is 12.1. The fourth-order valence-corrected chi connectivity index (χ4v) is 2.63. The summed E-state index contributed by atoms with van der Waals surface area (Å²) >= 11 is 0. The average molecular weight is 345 g/mol. The number of benzene rings is 1. The van der Waals surface area contributed by atoms with E-state index in [1.165, 1.54) is 0 Å². The normalized spacial score (nSPS) is 16.6. The molecular formula is C19H23NO5. The number of rotatable bonds is 8. The summed E-state index contributed by atoms with van der Waals surface area (Å²) in [6.07, 6.45) is 2.15. The second kappa shape index (κ2) is 8.58. The van der Waals surface area contributed by atoms with Crippen LogP contribution in [0.25, 0.3) is 0 Å². The Kier molecular flexibility index (Phi) is 5.95. The average Bonchev–Trinajstić information content (AvgIpc) is 3.31. The first kappa shape index (κ1) is 17.4. The first-order valence-corrected chi connectivity index (χ1v) is 8.59. The number of nitrogens with one attached hydrogen (secondary N) is 1. The van der Waals surface area contributed by atoms with Gasteiger partial charge in [0.25, 0.3) is 5.91 Å². The van der Waals surface area contributed by atoms with E-state index in [0.29, 0.717) is 24.7 Å². The molecule has 2 aromatic rings. The lowest BCUT2D eigenvalue weighted by atomic mass is 10.2. The molecule has 134 valence electrons. The molecular weight excluding hydrogens is 322 g/mol. The second-order valence-electron chi connectivity index (χ2n) is 5.80. The molecule has 1 atom stereocenters. The number of hydrogen-bond acceptors (Lipinski definition) is 5. The van der Waals surface area contributed by atoms with Crippen molar-refractivity contribution in [1.29, 1.82) is 0 Å². The molecule has 1 aromatic heterocycles. The Hall–Kier alpha value is -2.47. The zero-order valence-corrected chi connectivity index (χ0v) is 14.3. The van der Waals surface area contributed by atoms with Crippen LogP contribution < -0.4 is 14.8 Å². The highest BCUT2D eigenvalue weighted by Crippen LogP contribution is 2.19. The maximum atomic E-state index is 12.1. The third kappa shape index (κ3) is 5.00. The maximum Gasteiger partial charge on any atom is 0.287 e. The van der Waals surface area contributed by atoms with Crippen LogP contribution >= 0.6 is 0 Å². The molecule has 25 heavy (non-hydrogen) atoms. The highest BCUT2D eigenvalue weighted by atomic mass is 16.5. The first-order chi connectivity index (χ1) is 12.2. The Balaban J connectivity index is 1.46. The topological polar surface area (TPSA) is 69.9 Å². The molecule has 1 N–H and O–H groups in total. The van der Waals surface area contributed by atoms with Crippen LogP contribution in [-0.4, -0.2) is 31.8 Å². The predicted molar refractivity (Wildman–Crippen MR) is 92.0 cm³/mol. The van der Waals surface area contributed by atoms with Gasteiger partial charge in [0.2, 0.25) is 0 Å². The van der Waals surface area contributed by atoms with Gasteiger partial charge in [0.15, 0.2) is 5.76 Å². The third-order valence-electron chi connectivity index (χ3n) is 3.92. The van der Waals surface area contributed by atoms with Gasteiger partial charge in [-0.1, -0.05) is 0 Å². The number of carbonyl (C=O) groups is 1. The minimum absolute atomic E-state index is 0.112. The molecule has 3 rings (SSSR count). The molecule has 1 aliphatic rings. The molecule has 1 saturated heterocycles. The van der Waals surface area contributed by atoms with Crippen LogP contribution in [0.2, 0.25) is 0 Å². The van der Waals surface area contributed by atoms with E-state index in [1.54, 1.807) is 12.1 Å². The summed E-state index contributed by atoms with van der Waals surface area (Å²) in [6, 6.07) is 10.8. The molecule has 0 radical (unpaired) electrons. The monoisotopic (exact) mass is 345 g/mol. The molecule has 6 heteroatoms. The van der Waals surface area contributed by atoms with Gasteiger partial charge in [0.1, 0.15) is 23.9 Å². The van der Waals surface area contributed by atoms with Crippen molar-refractivity contribution in [1.82, 2.24) is 5.32 Å². The van der Waals surface area contributed by atoms with Gasteiger partial charge < -0.3 is 23.9 Å². The van der Waals surface area contributed by atoms with Crippen molar-refractivity contribution in [3.63, 3.8) is 0 Å². The Labute approximate surface area is 147 Å². The van der Waals surface area contributed by atoms with Gasteiger partial charge in [0.05, 0.1) is 12.7 Å². The molecule has 0 bridgehead atoms. The fraction of sp³-hybridized carbons (Fsp3) is 0.421. The number of ether oxygens (including phenoxy) is 3. The lowest BCUT2D eigenvalue weighted by Crippen LogP contribution is -2.31. The van der Waals surface area contributed by atoms with Crippen molar-refractivity contribution in [2.75, 3.05) is 19.8 Å². The van der Waals surface area contributed by atoms with Gasteiger partial charge >= 0.3 is 0 Å². The smallest absolute Gasteiger partial charge is 0.287 e. The molecule has 1 amide bonds. The molecule has 0 spiro atoms. The Bertz CT molecular complexity index is 673. The van der Waals surface area contributed by atoms with Gasteiger partial charge in [-0.3, -0.25) is 4.79 Å². The van der Waals surface area contributed by atoms with E-state index < -0.39 is 0 Å². The minimum Gasteiger partial charge on any atom is -0.494 e. The summed E-state index contributed by atoms with van der Waals surface area (Å²) < 4.78 is 22.1. The van der Waals surface area contributed by atoms with Crippen LogP contribution in [0.1, 0.15) is 36.1 Å². The van der Waals surface area contributed by atoms with Crippen molar-refractivity contribution in [3.05, 3.63) is 47.9 Å². The number of carbonyl (C=O) groups excluding carboxylic acids is 1. The van der Waals surface area contributed by atoms with Crippen molar-refractivity contribution in [3.8, 4) is 11.5 Å². The zero-order valence-electron chi connectivity index (χ0n) is 14.3. The van der Waals surface area contributed by atoms with Crippen LogP contribution in [0.15, 0.2) is 40.8 Å². The Morgan fingerprint density at radius 1 is 1.16 bits per heavy atom. The Morgan fingerprint density at radius 3 is 2.60 bits per heavy atom. The van der Waals surface area contributed by atoms with E-state index in [2.05, 4.69) is 5.32 Å².